The van der Waals surface area contributed by atoms with Gasteiger partial charge in [-0.15, -0.1) is 0 Å². The summed E-state index contributed by atoms with van der Waals surface area (Å²) >= 11 is 0. The van der Waals surface area contributed by atoms with Gasteiger partial charge in [0.1, 0.15) is 23.1 Å². The lowest BCUT2D eigenvalue weighted by atomic mass is 9.98. The second-order valence-corrected chi connectivity index (χ2v) is 14.2. The van der Waals surface area contributed by atoms with Crippen LogP contribution >= 0.6 is 21.6 Å². The van der Waals surface area contributed by atoms with Gasteiger partial charge >= 0.3 is 5.69 Å². The number of aromatic nitrogens is 4. The summed E-state index contributed by atoms with van der Waals surface area (Å²) in [5, 5.41) is 0.313. The topological polar surface area (TPSA) is 84.2 Å². The third kappa shape index (κ3) is 5.63. The fourth-order valence-corrected chi connectivity index (χ4v) is 8.43. The van der Waals surface area contributed by atoms with Crippen LogP contribution in [0.4, 0.5) is 14.6 Å². The maximum atomic E-state index is 16.3. The van der Waals surface area contributed by atoms with Crippen LogP contribution < -0.4 is 10.6 Å². The number of carbonyl (C=O) groups is 1. The van der Waals surface area contributed by atoms with Crippen molar-refractivity contribution in [2.24, 2.45) is 0 Å². The van der Waals surface area contributed by atoms with Crippen molar-refractivity contribution in [3.8, 4) is 16.9 Å². The van der Waals surface area contributed by atoms with Crippen LogP contribution in [-0.4, -0.2) is 61.3 Å². The van der Waals surface area contributed by atoms with Crippen LogP contribution in [0, 0.1) is 11.6 Å². The Morgan fingerprint density at radius 3 is 2.67 bits per heavy atom. The molecule has 1 aromatic carbocycles. The zero-order valence-electron chi connectivity index (χ0n) is 25.6. The average molecular weight is 649 g/mol. The summed E-state index contributed by atoms with van der Waals surface area (Å²) < 4.78 is 33.3. The quantitative estimate of drug-likeness (QED) is 0.183. The Morgan fingerprint density at radius 1 is 1.11 bits per heavy atom. The Balaban J connectivity index is 1.69. The van der Waals surface area contributed by atoms with Crippen molar-refractivity contribution in [1.82, 2.24) is 24.4 Å². The molecule has 0 radical (unpaired) electrons. The minimum Gasteiger partial charge on any atom is -0.349 e. The highest BCUT2D eigenvalue weighted by atomic mass is 33.1. The smallest absolute Gasteiger partial charge is 0.349 e. The maximum Gasteiger partial charge on any atom is 0.355 e. The molecule has 4 aromatic rings. The predicted molar refractivity (Wildman–Crippen MR) is 177 cm³/mol. The summed E-state index contributed by atoms with van der Waals surface area (Å²) in [6.45, 7) is 12.2. The molecule has 2 atom stereocenters. The van der Waals surface area contributed by atoms with E-state index in [2.05, 4.69) is 16.5 Å². The van der Waals surface area contributed by atoms with E-state index >= 15 is 8.78 Å². The van der Waals surface area contributed by atoms with Crippen molar-refractivity contribution in [1.29, 1.82) is 0 Å². The van der Waals surface area contributed by atoms with Crippen molar-refractivity contribution in [2.45, 2.75) is 63.4 Å². The van der Waals surface area contributed by atoms with Crippen LogP contribution in [0.15, 0.2) is 58.9 Å². The Kier molecular flexibility index (Phi) is 8.71. The van der Waals surface area contributed by atoms with Gasteiger partial charge in [-0.1, -0.05) is 54.1 Å². The van der Waals surface area contributed by atoms with Gasteiger partial charge in [0.05, 0.1) is 16.8 Å². The van der Waals surface area contributed by atoms with Crippen molar-refractivity contribution in [2.75, 3.05) is 23.7 Å². The lowest BCUT2D eigenvalue weighted by Gasteiger charge is -2.44. The molecule has 0 unspecified atom stereocenters. The molecule has 2 aliphatic rings. The van der Waals surface area contributed by atoms with E-state index < -0.39 is 17.3 Å². The third-order valence-electron chi connectivity index (χ3n) is 8.36. The third-order valence-corrected chi connectivity index (χ3v) is 10.8. The number of anilines is 1. The monoisotopic (exact) mass is 648 g/mol. The Bertz CT molecular complexity index is 1880. The molecule has 5 heterocycles. The van der Waals surface area contributed by atoms with E-state index in [0.29, 0.717) is 41.8 Å². The number of aryl methyl sites for hydroxylation is 1. The molecule has 1 fully saturated rings. The number of hydrogen-bond acceptors (Lipinski definition) is 8. The van der Waals surface area contributed by atoms with E-state index in [-0.39, 0.29) is 46.6 Å². The number of halogens is 2. The Labute approximate surface area is 268 Å². The lowest BCUT2D eigenvalue weighted by molar-refractivity contribution is -0.128. The van der Waals surface area contributed by atoms with Crippen molar-refractivity contribution in [3.63, 3.8) is 0 Å². The van der Waals surface area contributed by atoms with Crippen LogP contribution in [-0.2, 0) is 11.2 Å². The molecule has 0 spiro atoms. The first-order chi connectivity index (χ1) is 21.6. The highest BCUT2D eigenvalue weighted by Crippen LogP contribution is 2.41. The van der Waals surface area contributed by atoms with Crippen molar-refractivity contribution in [3.05, 3.63) is 82.6 Å². The molecular weight excluding hydrogens is 615 g/mol. The SMILES string of the molecule is C=CC(=O)N1C[C@H](C)N(c2nc(=O)n3c4nc(c(F)cc24)-c2c(F)cccc2CCCSSc2ccnc(C(C)C)c2-3)C[C@H]1C. The summed E-state index contributed by atoms with van der Waals surface area (Å²) in [6, 6.07) is 7.44. The molecule has 0 aliphatic carbocycles. The van der Waals surface area contributed by atoms with Gasteiger partial charge in [-0.3, -0.25) is 9.78 Å². The van der Waals surface area contributed by atoms with E-state index in [0.717, 1.165) is 17.1 Å². The normalized spacial score (nSPS) is 18.6. The number of benzene rings is 1. The zero-order valence-corrected chi connectivity index (χ0v) is 27.2. The second-order valence-electron chi connectivity index (χ2n) is 11.8. The maximum absolute atomic E-state index is 16.3. The van der Waals surface area contributed by atoms with Crippen LogP contribution in [0.25, 0.3) is 28.0 Å². The fraction of sp³-hybridized carbons (Fsp3) is 0.364. The Hall–Kier alpha value is -3.77. The van der Waals surface area contributed by atoms with Crippen LogP contribution in [0.5, 0.6) is 0 Å². The number of piperazine rings is 1. The van der Waals surface area contributed by atoms with Gasteiger partial charge in [0, 0.05) is 47.6 Å². The molecule has 0 N–H and O–H groups in total. The summed E-state index contributed by atoms with van der Waals surface area (Å²) in [7, 11) is 3.18. The van der Waals surface area contributed by atoms with Gasteiger partial charge in [-0.25, -0.2) is 23.1 Å². The summed E-state index contributed by atoms with van der Waals surface area (Å²) in [6.07, 6.45) is 4.30. The highest BCUT2D eigenvalue weighted by Gasteiger charge is 2.34. The standard InChI is InChI=1S/C33H34F2N6O2S2/c1-6-26(42)39-16-20(5)40(17-19(39)4)31-22-15-24(35)29-27-21(9-7-11-23(27)34)10-8-14-44-45-25-12-13-36-28(18(2)3)30(25)41(32(22)37-29)33(43)38-31/h6-7,9,11-13,15,18-20H,1,8,10,14,16-17H2,2-5H3/t19-,20+/m1/s1. The van der Waals surface area contributed by atoms with Crippen LogP contribution in [0.2, 0.25) is 0 Å². The van der Waals surface area contributed by atoms with Gasteiger partial charge in [-0.2, -0.15) is 4.98 Å². The predicted octanol–water partition coefficient (Wildman–Crippen LogP) is 6.54. The van der Waals surface area contributed by atoms with E-state index in [1.807, 2.05) is 38.7 Å². The molecule has 3 aromatic heterocycles. The van der Waals surface area contributed by atoms with Crippen molar-refractivity contribution < 1.29 is 13.6 Å². The van der Waals surface area contributed by atoms with Gasteiger partial charge in [0.2, 0.25) is 5.91 Å². The largest absolute Gasteiger partial charge is 0.355 e. The molecule has 1 saturated heterocycles. The first kappa shape index (κ1) is 31.2. The van der Waals surface area contributed by atoms with E-state index in [1.165, 1.54) is 22.8 Å². The van der Waals surface area contributed by atoms with Gasteiger partial charge in [0.25, 0.3) is 0 Å². The summed E-state index contributed by atoms with van der Waals surface area (Å²) in [4.78, 5) is 45.3. The molecule has 45 heavy (non-hydrogen) atoms. The van der Waals surface area contributed by atoms with E-state index in [9.17, 15) is 9.59 Å². The van der Waals surface area contributed by atoms with Crippen LogP contribution in [0.3, 0.4) is 0 Å². The number of fused-ring (bicyclic) bond motifs is 5. The Morgan fingerprint density at radius 2 is 1.91 bits per heavy atom. The summed E-state index contributed by atoms with van der Waals surface area (Å²) in [5.74, 6) is -0.502. The van der Waals surface area contributed by atoms with Crippen LogP contribution in [0.1, 0.15) is 51.3 Å². The second kappa shape index (κ2) is 12.6. The average Bonchev–Trinajstić information content (AvgIpc) is 3.02. The minimum atomic E-state index is -0.711. The first-order valence-corrected chi connectivity index (χ1v) is 17.3. The fourth-order valence-electron chi connectivity index (χ4n) is 6.18. The van der Waals surface area contributed by atoms with E-state index in [4.69, 9.17) is 4.98 Å². The minimum absolute atomic E-state index is 0.0581. The molecule has 234 valence electrons. The molecule has 1 amide bonds. The number of amides is 1. The molecule has 8 nitrogen and oxygen atoms in total. The van der Waals surface area contributed by atoms with Gasteiger partial charge < -0.3 is 9.80 Å². The van der Waals surface area contributed by atoms with Gasteiger partial charge in [0.15, 0.2) is 5.65 Å². The molecule has 2 bridgehead atoms. The first-order valence-electron chi connectivity index (χ1n) is 15.0. The highest BCUT2D eigenvalue weighted by molar-refractivity contribution is 8.76. The number of rotatable bonds is 3. The molecule has 0 saturated carbocycles. The molecule has 6 rings (SSSR count). The van der Waals surface area contributed by atoms with Gasteiger partial charge in [-0.05, 0) is 62.4 Å². The molecular formula is C33H34F2N6O2S2. The van der Waals surface area contributed by atoms with E-state index in [1.54, 1.807) is 44.8 Å². The number of pyridine rings is 2. The number of carbonyl (C=O) groups excluding carboxylic acids is 1. The van der Waals surface area contributed by atoms with Crippen molar-refractivity contribution >= 4 is 44.3 Å². The zero-order chi connectivity index (χ0) is 32.0. The number of nitrogens with zero attached hydrogens (tertiary/aromatic N) is 6. The molecule has 12 heteroatoms. The number of hydrogen-bond donors (Lipinski definition) is 0. The molecule has 2 aliphatic heterocycles. The lowest BCUT2D eigenvalue weighted by Crippen LogP contribution is -2.58. The summed E-state index contributed by atoms with van der Waals surface area (Å²) in [5.41, 5.74) is 1.38.